The Morgan fingerprint density at radius 1 is 1.25 bits per heavy atom. The van der Waals surface area contributed by atoms with Crippen LogP contribution in [0.2, 0.25) is 0 Å². The summed E-state index contributed by atoms with van der Waals surface area (Å²) in [5, 5.41) is 15.6. The highest BCUT2D eigenvalue weighted by atomic mass is 16.3. The fraction of sp³-hybridized carbons (Fsp3) is 0.684. The molecule has 24 heavy (non-hydrogen) atoms. The number of hydrogen-bond donors (Lipinski definition) is 3. The molecule has 2 saturated carbocycles. The lowest BCUT2D eigenvalue weighted by molar-refractivity contribution is 0.205. The number of hydrogen-bond acceptors (Lipinski definition) is 3. The predicted molar refractivity (Wildman–Crippen MR) is 93.5 cm³/mol. The second kappa shape index (κ2) is 8.47. The molecule has 3 N–H and O–H groups in total. The zero-order chi connectivity index (χ0) is 16.8. The van der Waals surface area contributed by atoms with Crippen LogP contribution in [0.4, 0.5) is 4.79 Å². The third-order valence-corrected chi connectivity index (χ3v) is 5.37. The summed E-state index contributed by atoms with van der Waals surface area (Å²) in [5.41, 5.74) is 0.943. The van der Waals surface area contributed by atoms with Crippen LogP contribution < -0.4 is 10.6 Å². The van der Waals surface area contributed by atoms with Crippen LogP contribution in [-0.2, 0) is 6.42 Å². The maximum atomic E-state index is 12.2. The normalized spacial score (nSPS) is 25.0. The number of nitrogens with zero attached hydrogens (tertiary/aromatic N) is 1. The lowest BCUT2D eigenvalue weighted by Gasteiger charge is -2.30. The van der Waals surface area contributed by atoms with E-state index in [1.54, 1.807) is 6.20 Å². The molecule has 1 aromatic heterocycles. The van der Waals surface area contributed by atoms with Crippen LogP contribution in [0.25, 0.3) is 0 Å². The third kappa shape index (κ3) is 5.20. The summed E-state index contributed by atoms with van der Waals surface area (Å²) < 4.78 is 0. The number of pyridine rings is 1. The van der Waals surface area contributed by atoms with Gasteiger partial charge in [0, 0.05) is 37.0 Å². The minimum atomic E-state index is -0.101. The molecule has 0 aliphatic heterocycles. The van der Waals surface area contributed by atoms with E-state index in [0.29, 0.717) is 19.0 Å². The van der Waals surface area contributed by atoms with E-state index in [4.69, 9.17) is 0 Å². The molecule has 5 nitrogen and oxygen atoms in total. The molecule has 2 fully saturated rings. The zero-order valence-corrected chi connectivity index (χ0v) is 14.3. The maximum absolute atomic E-state index is 12.2. The Morgan fingerprint density at radius 2 is 2.12 bits per heavy atom. The SMILES string of the molecule is O=C(NCC(CO)Cc1ccccn1)NC1CCCC(C2CC2)C1. The van der Waals surface area contributed by atoms with E-state index in [1.807, 2.05) is 18.2 Å². The molecule has 1 aromatic rings. The molecule has 132 valence electrons. The van der Waals surface area contributed by atoms with E-state index < -0.39 is 0 Å². The van der Waals surface area contributed by atoms with Crippen LogP contribution in [0.3, 0.4) is 0 Å². The van der Waals surface area contributed by atoms with Gasteiger partial charge in [0.15, 0.2) is 0 Å². The predicted octanol–water partition coefficient (Wildman–Crippen LogP) is 2.50. The average Bonchev–Trinajstić information content (AvgIpc) is 3.45. The van der Waals surface area contributed by atoms with Crippen LogP contribution in [0.15, 0.2) is 24.4 Å². The highest BCUT2D eigenvalue weighted by molar-refractivity contribution is 5.74. The van der Waals surface area contributed by atoms with Gasteiger partial charge < -0.3 is 15.7 Å². The third-order valence-electron chi connectivity index (χ3n) is 5.37. The number of rotatable bonds is 7. The fourth-order valence-corrected chi connectivity index (χ4v) is 3.84. The van der Waals surface area contributed by atoms with E-state index in [-0.39, 0.29) is 18.6 Å². The molecule has 2 amide bonds. The molecule has 0 aromatic carbocycles. The topological polar surface area (TPSA) is 74.2 Å². The summed E-state index contributed by atoms with van der Waals surface area (Å²) in [6.07, 6.45) is 9.98. The van der Waals surface area contributed by atoms with Crippen molar-refractivity contribution in [2.45, 2.75) is 51.0 Å². The number of nitrogens with one attached hydrogen (secondary N) is 2. The van der Waals surface area contributed by atoms with E-state index in [1.165, 1.54) is 25.7 Å². The highest BCUT2D eigenvalue weighted by Crippen LogP contribution is 2.43. The van der Waals surface area contributed by atoms with Gasteiger partial charge in [-0.3, -0.25) is 4.98 Å². The summed E-state index contributed by atoms with van der Waals surface area (Å²) in [5.74, 6) is 1.74. The fourth-order valence-electron chi connectivity index (χ4n) is 3.84. The van der Waals surface area contributed by atoms with Crippen LogP contribution in [0.5, 0.6) is 0 Å². The Balaban J connectivity index is 1.39. The van der Waals surface area contributed by atoms with E-state index >= 15 is 0 Å². The van der Waals surface area contributed by atoms with Gasteiger partial charge >= 0.3 is 6.03 Å². The van der Waals surface area contributed by atoms with Crippen molar-refractivity contribution in [2.75, 3.05) is 13.2 Å². The van der Waals surface area contributed by atoms with Gasteiger partial charge in [0.25, 0.3) is 0 Å². The molecular weight excluding hydrogens is 302 g/mol. The minimum Gasteiger partial charge on any atom is -0.396 e. The smallest absolute Gasteiger partial charge is 0.315 e. The highest BCUT2D eigenvalue weighted by Gasteiger charge is 2.35. The number of carbonyl (C=O) groups excluding carboxylic acids is 1. The molecule has 0 saturated heterocycles. The molecule has 3 atom stereocenters. The van der Waals surface area contributed by atoms with Crippen LogP contribution in [0.1, 0.15) is 44.2 Å². The summed E-state index contributed by atoms with van der Waals surface area (Å²) in [6, 6.07) is 5.98. The van der Waals surface area contributed by atoms with Crippen molar-refractivity contribution in [1.82, 2.24) is 15.6 Å². The van der Waals surface area contributed by atoms with E-state index in [0.717, 1.165) is 30.4 Å². The zero-order valence-electron chi connectivity index (χ0n) is 14.3. The Kier molecular flexibility index (Phi) is 6.07. The summed E-state index contributed by atoms with van der Waals surface area (Å²) >= 11 is 0. The summed E-state index contributed by atoms with van der Waals surface area (Å²) in [4.78, 5) is 16.4. The Hall–Kier alpha value is -1.62. The van der Waals surface area contributed by atoms with Crippen molar-refractivity contribution in [1.29, 1.82) is 0 Å². The van der Waals surface area contributed by atoms with Crippen LogP contribution >= 0.6 is 0 Å². The number of carbonyl (C=O) groups is 1. The first-order valence-electron chi connectivity index (χ1n) is 9.29. The Morgan fingerprint density at radius 3 is 2.83 bits per heavy atom. The molecular formula is C19H29N3O2. The number of aromatic nitrogens is 1. The number of aliphatic hydroxyl groups excluding tert-OH is 1. The molecule has 0 radical (unpaired) electrons. The Labute approximate surface area is 144 Å². The van der Waals surface area contributed by atoms with Gasteiger partial charge in [-0.15, -0.1) is 0 Å². The maximum Gasteiger partial charge on any atom is 0.315 e. The van der Waals surface area contributed by atoms with Crippen molar-refractivity contribution in [3.63, 3.8) is 0 Å². The molecule has 0 spiro atoms. The van der Waals surface area contributed by atoms with Crippen molar-refractivity contribution in [3.8, 4) is 0 Å². The molecule has 2 aliphatic rings. The van der Waals surface area contributed by atoms with Crippen molar-refractivity contribution >= 4 is 6.03 Å². The molecule has 2 aliphatic carbocycles. The van der Waals surface area contributed by atoms with E-state index in [2.05, 4.69) is 15.6 Å². The second-order valence-electron chi connectivity index (χ2n) is 7.39. The van der Waals surface area contributed by atoms with E-state index in [9.17, 15) is 9.90 Å². The first-order chi connectivity index (χ1) is 11.7. The Bertz CT molecular complexity index is 519. The summed E-state index contributed by atoms with van der Waals surface area (Å²) in [7, 11) is 0. The molecule has 5 heteroatoms. The first kappa shape index (κ1) is 17.2. The largest absolute Gasteiger partial charge is 0.396 e. The van der Waals surface area contributed by atoms with Gasteiger partial charge in [-0.1, -0.05) is 18.9 Å². The quantitative estimate of drug-likeness (QED) is 0.719. The second-order valence-corrected chi connectivity index (χ2v) is 7.39. The number of urea groups is 1. The number of amides is 2. The molecule has 0 bridgehead atoms. The minimum absolute atomic E-state index is 0.00350. The number of aliphatic hydroxyl groups is 1. The standard InChI is InChI=1S/C19H29N3O2/c23-13-14(10-17-5-1-2-9-20-17)12-21-19(24)22-18-6-3-4-16(11-18)15-7-8-15/h1-2,5,9,14-16,18,23H,3-4,6-8,10-13H2,(H2,21,22,24). The lowest BCUT2D eigenvalue weighted by atomic mass is 9.83. The van der Waals surface area contributed by atoms with Gasteiger partial charge in [0.05, 0.1) is 0 Å². The van der Waals surface area contributed by atoms with Crippen LogP contribution in [-0.4, -0.2) is 35.3 Å². The average molecular weight is 331 g/mol. The van der Waals surface area contributed by atoms with Crippen LogP contribution in [0, 0.1) is 17.8 Å². The monoisotopic (exact) mass is 331 g/mol. The lowest BCUT2D eigenvalue weighted by Crippen LogP contribution is -2.46. The molecule has 1 heterocycles. The van der Waals surface area contributed by atoms with Gasteiger partial charge in [-0.25, -0.2) is 4.79 Å². The van der Waals surface area contributed by atoms with Gasteiger partial charge in [-0.05, 0) is 56.1 Å². The molecule has 3 rings (SSSR count). The van der Waals surface area contributed by atoms with Crippen molar-refractivity contribution in [2.24, 2.45) is 17.8 Å². The van der Waals surface area contributed by atoms with Gasteiger partial charge in [-0.2, -0.15) is 0 Å². The van der Waals surface area contributed by atoms with Gasteiger partial charge in [0.2, 0.25) is 0 Å². The van der Waals surface area contributed by atoms with Crippen molar-refractivity contribution in [3.05, 3.63) is 30.1 Å². The molecule has 3 unspecified atom stereocenters. The first-order valence-corrected chi connectivity index (χ1v) is 9.29. The summed E-state index contributed by atoms with van der Waals surface area (Å²) in [6.45, 7) is 0.516. The van der Waals surface area contributed by atoms with Gasteiger partial charge in [0.1, 0.15) is 0 Å². The van der Waals surface area contributed by atoms with Crippen molar-refractivity contribution < 1.29 is 9.90 Å².